The molecule has 2 heterocycles. The Morgan fingerprint density at radius 1 is 1.00 bits per heavy atom. The lowest BCUT2D eigenvalue weighted by Gasteiger charge is -2.30. The van der Waals surface area contributed by atoms with Crippen molar-refractivity contribution in [2.45, 2.75) is 32.2 Å². The SMILES string of the molecule is O=C(O)CCCCCn1cc(C(=O)O)c(=O)c2c(F)c(F)c(N3CCOCC3)c(F)c21. The highest BCUT2D eigenvalue weighted by Gasteiger charge is 2.30. The zero-order chi connectivity index (χ0) is 22.7. The second-order valence-corrected chi connectivity index (χ2v) is 7.19. The number of rotatable bonds is 8. The summed E-state index contributed by atoms with van der Waals surface area (Å²) in [7, 11) is 0. The van der Waals surface area contributed by atoms with Crippen molar-refractivity contribution in [2.24, 2.45) is 0 Å². The number of halogens is 3. The predicted molar refractivity (Wildman–Crippen MR) is 104 cm³/mol. The summed E-state index contributed by atoms with van der Waals surface area (Å²) in [5.74, 6) is -6.94. The standard InChI is InChI=1S/C20H21F3N2O6/c21-14-13-17(16(23)18(15(14)22)24-6-8-31-9-7-24)25(5-3-1-2-4-12(26)27)10-11(19(13)28)20(29)30/h10H,1-9H2,(H,26,27)(H,29,30). The van der Waals surface area contributed by atoms with Crippen LogP contribution in [0.2, 0.25) is 0 Å². The molecule has 1 aliphatic heterocycles. The molecule has 1 aromatic carbocycles. The van der Waals surface area contributed by atoms with E-state index >= 15 is 4.39 Å². The van der Waals surface area contributed by atoms with Crippen molar-refractivity contribution in [3.63, 3.8) is 0 Å². The van der Waals surface area contributed by atoms with Gasteiger partial charge in [0.15, 0.2) is 17.5 Å². The number of anilines is 1. The molecule has 2 aromatic rings. The van der Waals surface area contributed by atoms with Crippen molar-refractivity contribution < 1.29 is 37.7 Å². The summed E-state index contributed by atoms with van der Waals surface area (Å²) in [5.41, 5.74) is -3.27. The number of pyridine rings is 1. The fraction of sp³-hybridized carbons (Fsp3) is 0.450. The van der Waals surface area contributed by atoms with E-state index < -0.39 is 57.0 Å². The Hall–Kier alpha value is -3.08. The summed E-state index contributed by atoms with van der Waals surface area (Å²) in [6.45, 7) is 0.595. The number of carboxylic acid groups (broad SMARTS) is 2. The van der Waals surface area contributed by atoms with Gasteiger partial charge in [-0.05, 0) is 12.8 Å². The Kier molecular flexibility index (Phi) is 6.84. The first-order valence-corrected chi connectivity index (χ1v) is 9.75. The van der Waals surface area contributed by atoms with E-state index in [0.717, 1.165) is 10.8 Å². The number of carbonyl (C=O) groups is 2. The van der Waals surface area contributed by atoms with E-state index in [1.54, 1.807) is 0 Å². The monoisotopic (exact) mass is 442 g/mol. The van der Waals surface area contributed by atoms with Gasteiger partial charge in [-0.25, -0.2) is 18.0 Å². The van der Waals surface area contributed by atoms with Crippen molar-refractivity contribution in [3.8, 4) is 0 Å². The lowest BCUT2D eigenvalue weighted by molar-refractivity contribution is -0.137. The molecule has 168 valence electrons. The molecular formula is C20H21F3N2O6. The second-order valence-electron chi connectivity index (χ2n) is 7.19. The zero-order valence-corrected chi connectivity index (χ0v) is 16.5. The number of aryl methyl sites for hydroxylation is 1. The number of ether oxygens (including phenoxy) is 1. The molecule has 1 aromatic heterocycles. The molecule has 0 amide bonds. The van der Waals surface area contributed by atoms with Crippen LogP contribution < -0.4 is 10.3 Å². The number of aliphatic carboxylic acids is 1. The van der Waals surface area contributed by atoms with E-state index in [4.69, 9.17) is 9.84 Å². The Labute approximate surface area is 174 Å². The average Bonchev–Trinajstić information content (AvgIpc) is 2.73. The first-order chi connectivity index (χ1) is 14.7. The number of aromatic nitrogens is 1. The number of hydrogen-bond donors (Lipinski definition) is 2. The van der Waals surface area contributed by atoms with E-state index in [1.807, 2.05) is 0 Å². The Balaban J connectivity index is 2.14. The topological polar surface area (TPSA) is 109 Å². The number of fused-ring (bicyclic) bond motifs is 1. The van der Waals surface area contributed by atoms with Crippen molar-refractivity contribution in [2.75, 3.05) is 31.2 Å². The van der Waals surface area contributed by atoms with Gasteiger partial charge in [-0.1, -0.05) is 6.42 Å². The normalized spacial score (nSPS) is 14.2. The van der Waals surface area contributed by atoms with Crippen LogP contribution in [0.4, 0.5) is 18.9 Å². The number of unbranched alkanes of at least 4 members (excludes halogenated alkanes) is 2. The maximum Gasteiger partial charge on any atom is 0.341 e. The van der Waals surface area contributed by atoms with Crippen molar-refractivity contribution in [1.29, 1.82) is 0 Å². The van der Waals surface area contributed by atoms with Gasteiger partial charge in [-0.2, -0.15) is 0 Å². The lowest BCUT2D eigenvalue weighted by atomic mass is 10.1. The quantitative estimate of drug-likeness (QED) is 0.478. The number of benzene rings is 1. The molecule has 11 heteroatoms. The second kappa shape index (κ2) is 9.38. The molecule has 0 radical (unpaired) electrons. The van der Waals surface area contributed by atoms with Crippen LogP contribution in [0.1, 0.15) is 36.0 Å². The third kappa shape index (κ3) is 4.50. The minimum absolute atomic E-state index is 0.0127. The fourth-order valence-corrected chi connectivity index (χ4v) is 3.65. The van der Waals surface area contributed by atoms with Crippen LogP contribution in [0.25, 0.3) is 10.9 Å². The highest BCUT2D eigenvalue weighted by Crippen LogP contribution is 2.33. The summed E-state index contributed by atoms with van der Waals surface area (Å²) in [6.07, 6.45) is 1.91. The highest BCUT2D eigenvalue weighted by atomic mass is 19.2. The molecule has 0 unspecified atom stereocenters. The van der Waals surface area contributed by atoms with Crippen molar-refractivity contribution >= 4 is 28.5 Å². The summed E-state index contributed by atoms with van der Waals surface area (Å²) >= 11 is 0. The van der Waals surface area contributed by atoms with Crippen LogP contribution in [0.15, 0.2) is 11.0 Å². The summed E-state index contributed by atoms with van der Waals surface area (Å²) in [4.78, 5) is 35.9. The third-order valence-corrected chi connectivity index (χ3v) is 5.16. The van der Waals surface area contributed by atoms with Gasteiger partial charge in [0.25, 0.3) is 0 Å². The van der Waals surface area contributed by atoms with Crippen LogP contribution in [-0.4, -0.2) is 53.0 Å². The van der Waals surface area contributed by atoms with Gasteiger partial charge in [-0.3, -0.25) is 9.59 Å². The molecule has 1 saturated heterocycles. The summed E-state index contributed by atoms with van der Waals surface area (Å²) < 4.78 is 51.5. The number of aromatic carboxylic acids is 1. The van der Waals surface area contributed by atoms with Gasteiger partial charge in [0.1, 0.15) is 11.3 Å². The Morgan fingerprint density at radius 3 is 2.29 bits per heavy atom. The fourth-order valence-electron chi connectivity index (χ4n) is 3.65. The van der Waals surface area contributed by atoms with E-state index in [-0.39, 0.29) is 39.3 Å². The number of nitrogens with zero attached hydrogens (tertiary/aromatic N) is 2. The maximum absolute atomic E-state index is 15.5. The van der Waals surface area contributed by atoms with Crippen molar-refractivity contribution in [1.82, 2.24) is 4.57 Å². The van der Waals surface area contributed by atoms with Gasteiger partial charge in [0, 0.05) is 32.3 Å². The maximum atomic E-state index is 15.5. The van der Waals surface area contributed by atoms with Gasteiger partial charge >= 0.3 is 11.9 Å². The number of hydrogen-bond acceptors (Lipinski definition) is 5. The molecule has 31 heavy (non-hydrogen) atoms. The zero-order valence-electron chi connectivity index (χ0n) is 16.5. The molecule has 2 N–H and O–H groups in total. The Morgan fingerprint density at radius 2 is 1.68 bits per heavy atom. The first kappa shape index (κ1) is 22.6. The summed E-state index contributed by atoms with van der Waals surface area (Å²) in [5, 5.41) is 17.0. The molecule has 3 rings (SSSR count). The number of morpholine rings is 1. The van der Waals surface area contributed by atoms with Gasteiger partial charge in [0.2, 0.25) is 5.43 Å². The van der Waals surface area contributed by atoms with E-state index in [2.05, 4.69) is 0 Å². The van der Waals surface area contributed by atoms with Crippen molar-refractivity contribution in [3.05, 3.63) is 39.4 Å². The van der Waals surface area contributed by atoms with Crippen LogP contribution in [0, 0.1) is 17.5 Å². The minimum atomic E-state index is -1.65. The molecule has 0 saturated carbocycles. The van der Waals surface area contributed by atoms with Crippen LogP contribution in [0.3, 0.4) is 0 Å². The molecule has 1 aliphatic rings. The van der Waals surface area contributed by atoms with Crippen LogP contribution in [-0.2, 0) is 16.1 Å². The smallest absolute Gasteiger partial charge is 0.341 e. The Bertz CT molecular complexity index is 1080. The molecule has 0 bridgehead atoms. The highest BCUT2D eigenvalue weighted by molar-refractivity contribution is 5.94. The lowest BCUT2D eigenvalue weighted by Crippen LogP contribution is -2.38. The largest absolute Gasteiger partial charge is 0.481 e. The first-order valence-electron chi connectivity index (χ1n) is 9.75. The van der Waals surface area contributed by atoms with Gasteiger partial charge in [-0.15, -0.1) is 0 Å². The third-order valence-electron chi connectivity index (χ3n) is 5.16. The molecule has 0 aliphatic carbocycles. The molecule has 8 nitrogen and oxygen atoms in total. The number of carboxylic acids is 2. The van der Waals surface area contributed by atoms with Crippen LogP contribution in [0.5, 0.6) is 0 Å². The molecule has 0 atom stereocenters. The molecule has 1 fully saturated rings. The van der Waals surface area contributed by atoms with Gasteiger partial charge in [0.05, 0.1) is 24.1 Å². The van der Waals surface area contributed by atoms with E-state index in [9.17, 15) is 28.3 Å². The summed E-state index contributed by atoms with van der Waals surface area (Å²) in [6, 6.07) is 0. The molecular weight excluding hydrogens is 421 g/mol. The van der Waals surface area contributed by atoms with Gasteiger partial charge < -0.3 is 24.4 Å². The van der Waals surface area contributed by atoms with E-state index in [0.29, 0.717) is 19.3 Å². The minimum Gasteiger partial charge on any atom is -0.481 e. The molecule has 0 spiro atoms. The predicted octanol–water partition coefficient (Wildman–Crippen LogP) is 2.60. The average molecular weight is 442 g/mol. The van der Waals surface area contributed by atoms with E-state index in [1.165, 1.54) is 4.90 Å². The van der Waals surface area contributed by atoms with Crippen LogP contribution >= 0.6 is 0 Å².